The Morgan fingerprint density at radius 1 is 1.16 bits per heavy atom. The van der Waals surface area contributed by atoms with Gasteiger partial charge in [-0.05, 0) is 51.2 Å². The van der Waals surface area contributed by atoms with Crippen molar-refractivity contribution in [2.45, 2.75) is 64.3 Å². The van der Waals surface area contributed by atoms with Crippen molar-refractivity contribution in [3.05, 3.63) is 29.3 Å². The topological polar surface area (TPSA) is 62.5 Å². The van der Waals surface area contributed by atoms with E-state index in [4.69, 9.17) is 4.52 Å². The van der Waals surface area contributed by atoms with Crippen LogP contribution in [0.4, 0.5) is 5.69 Å². The smallest absolute Gasteiger partial charge is 0.265 e. The quantitative estimate of drug-likeness (QED) is 0.508. The Morgan fingerprint density at radius 2 is 1.94 bits per heavy atom. The summed E-state index contributed by atoms with van der Waals surface area (Å²) >= 11 is 1.42. The van der Waals surface area contributed by atoms with Crippen LogP contribution in [0.3, 0.4) is 0 Å². The molecule has 2 aromatic heterocycles. The summed E-state index contributed by atoms with van der Waals surface area (Å²) in [4.78, 5) is 22.9. The molecule has 1 saturated heterocycles. The minimum absolute atomic E-state index is 0.0957. The monoisotopic (exact) mass is 438 g/mol. The number of hydrogen-bond acceptors (Lipinski definition) is 6. The van der Waals surface area contributed by atoms with E-state index in [2.05, 4.69) is 40.2 Å². The van der Waals surface area contributed by atoms with E-state index < -0.39 is 0 Å². The Morgan fingerprint density at radius 3 is 2.71 bits per heavy atom. The number of piperidine rings is 1. The zero-order chi connectivity index (χ0) is 21.2. The first-order valence-electron chi connectivity index (χ1n) is 11.7. The van der Waals surface area contributed by atoms with Crippen LogP contribution in [0.2, 0.25) is 0 Å². The second kappa shape index (κ2) is 8.99. The van der Waals surface area contributed by atoms with Gasteiger partial charge < -0.3 is 14.3 Å². The second-order valence-corrected chi connectivity index (χ2v) is 9.70. The molecule has 2 aliphatic rings. The van der Waals surface area contributed by atoms with Crippen LogP contribution in [0.15, 0.2) is 28.9 Å². The Hall–Kier alpha value is -2.41. The zero-order valence-electron chi connectivity index (χ0n) is 18.2. The van der Waals surface area contributed by atoms with Crippen LogP contribution >= 0.6 is 11.3 Å². The number of anilines is 1. The van der Waals surface area contributed by atoms with Crippen LogP contribution in [0.5, 0.6) is 0 Å². The normalized spacial score (nSPS) is 17.9. The Bertz CT molecular complexity index is 1050. The van der Waals surface area contributed by atoms with Crippen LogP contribution in [0, 0.1) is 0 Å². The molecule has 31 heavy (non-hydrogen) atoms. The van der Waals surface area contributed by atoms with E-state index >= 15 is 0 Å². The van der Waals surface area contributed by atoms with Gasteiger partial charge in [-0.15, -0.1) is 11.3 Å². The lowest BCUT2D eigenvalue weighted by molar-refractivity contribution is 0.0652. The lowest BCUT2D eigenvalue weighted by Gasteiger charge is -2.33. The molecule has 1 aliphatic heterocycles. The van der Waals surface area contributed by atoms with E-state index in [1.807, 2.05) is 4.90 Å². The highest BCUT2D eigenvalue weighted by Crippen LogP contribution is 2.34. The van der Waals surface area contributed by atoms with Crippen molar-refractivity contribution in [1.29, 1.82) is 0 Å². The maximum absolute atomic E-state index is 13.2. The number of thiazole rings is 1. The van der Waals surface area contributed by atoms with Gasteiger partial charge in [0.05, 0.1) is 11.6 Å². The van der Waals surface area contributed by atoms with Gasteiger partial charge in [0.1, 0.15) is 15.6 Å². The summed E-state index contributed by atoms with van der Waals surface area (Å²) in [5, 5.41) is 6.00. The van der Waals surface area contributed by atoms with Crippen molar-refractivity contribution >= 4 is 33.9 Å². The van der Waals surface area contributed by atoms with Crippen molar-refractivity contribution in [2.75, 3.05) is 24.5 Å². The van der Waals surface area contributed by atoms with Crippen molar-refractivity contribution in [2.24, 2.45) is 0 Å². The van der Waals surface area contributed by atoms with Crippen LogP contribution in [-0.4, -0.2) is 46.6 Å². The van der Waals surface area contributed by atoms with E-state index in [9.17, 15) is 4.79 Å². The van der Waals surface area contributed by atoms with Crippen LogP contribution in [-0.2, 0) is 0 Å². The second-order valence-electron chi connectivity index (χ2n) is 8.67. The molecule has 6 nitrogen and oxygen atoms in total. The fourth-order valence-electron chi connectivity index (χ4n) is 5.01. The number of aromatic nitrogens is 2. The summed E-state index contributed by atoms with van der Waals surface area (Å²) in [5.74, 6) is 0.0957. The molecule has 1 saturated carbocycles. The average Bonchev–Trinajstić information content (AvgIpc) is 3.47. The maximum Gasteiger partial charge on any atom is 0.265 e. The largest absolute Gasteiger partial charge is 0.371 e. The summed E-state index contributed by atoms with van der Waals surface area (Å²) in [6.07, 6.45) is 11.4. The zero-order valence-corrected chi connectivity index (χ0v) is 19.0. The molecule has 0 bridgehead atoms. The van der Waals surface area contributed by atoms with Gasteiger partial charge in [-0.1, -0.05) is 24.4 Å². The molecule has 0 N–H and O–H groups in total. The third-order valence-corrected chi connectivity index (χ3v) is 7.70. The number of rotatable bonds is 5. The van der Waals surface area contributed by atoms with Crippen molar-refractivity contribution in [3.63, 3.8) is 0 Å². The third-order valence-electron chi connectivity index (χ3n) is 6.71. The van der Waals surface area contributed by atoms with E-state index in [1.54, 1.807) is 6.20 Å². The molecule has 164 valence electrons. The first-order valence-corrected chi connectivity index (χ1v) is 12.5. The standard InChI is InChI=1S/C24H30N4O2S/c1-2-28(17-9-5-3-6-10-17)24(29)21-16-25-23(31-21)22-19-12-11-18(15-20(19)30-26-22)27-13-7-4-8-14-27/h11-12,15-17H,2-10,13-14H2,1H3. The number of hydrogen-bond donors (Lipinski definition) is 0. The first kappa shape index (κ1) is 20.5. The summed E-state index contributed by atoms with van der Waals surface area (Å²) in [6.45, 7) is 5.00. The van der Waals surface area contributed by atoms with Gasteiger partial charge in [0, 0.05) is 37.4 Å². The molecule has 7 heteroatoms. The molecular weight excluding hydrogens is 408 g/mol. The molecule has 2 fully saturated rings. The van der Waals surface area contributed by atoms with Gasteiger partial charge in [-0.2, -0.15) is 0 Å². The SMILES string of the molecule is CCN(C(=O)c1cnc(-c2noc3cc(N4CCCCC4)ccc23)s1)C1CCCCC1. The number of fused-ring (bicyclic) bond motifs is 1. The highest BCUT2D eigenvalue weighted by Gasteiger charge is 2.27. The van der Waals surface area contributed by atoms with Gasteiger partial charge in [-0.3, -0.25) is 4.79 Å². The Kier molecular flexibility index (Phi) is 5.94. The van der Waals surface area contributed by atoms with E-state index in [0.29, 0.717) is 10.9 Å². The van der Waals surface area contributed by atoms with Gasteiger partial charge in [-0.25, -0.2) is 4.98 Å². The number of carbonyl (C=O) groups excluding carboxylic acids is 1. The summed E-state index contributed by atoms with van der Waals surface area (Å²) in [7, 11) is 0. The van der Waals surface area contributed by atoms with Gasteiger partial charge >= 0.3 is 0 Å². The first-order chi connectivity index (χ1) is 15.2. The van der Waals surface area contributed by atoms with Crippen LogP contribution in [0.25, 0.3) is 21.7 Å². The predicted octanol–water partition coefficient (Wildman–Crippen LogP) is 5.74. The molecule has 1 aliphatic carbocycles. The Labute approximate surface area is 187 Å². The predicted molar refractivity (Wildman–Crippen MR) is 125 cm³/mol. The molecule has 0 spiro atoms. The number of nitrogens with zero attached hydrogens (tertiary/aromatic N) is 4. The molecule has 3 heterocycles. The molecule has 0 unspecified atom stereocenters. The van der Waals surface area contributed by atoms with E-state index in [1.165, 1.54) is 55.5 Å². The fraction of sp³-hybridized carbons (Fsp3) is 0.542. The van der Waals surface area contributed by atoms with Gasteiger partial charge in [0.25, 0.3) is 5.91 Å². The van der Waals surface area contributed by atoms with Crippen LogP contribution < -0.4 is 4.90 Å². The molecule has 5 rings (SSSR count). The number of carbonyl (C=O) groups is 1. The molecule has 0 atom stereocenters. The lowest BCUT2D eigenvalue weighted by Crippen LogP contribution is -2.41. The number of amides is 1. The highest BCUT2D eigenvalue weighted by molar-refractivity contribution is 7.17. The third kappa shape index (κ3) is 4.07. The molecule has 1 amide bonds. The van der Waals surface area contributed by atoms with Gasteiger partial charge in [0.2, 0.25) is 0 Å². The average molecular weight is 439 g/mol. The van der Waals surface area contributed by atoms with Crippen molar-refractivity contribution < 1.29 is 9.32 Å². The lowest BCUT2D eigenvalue weighted by atomic mass is 9.94. The Balaban J connectivity index is 1.38. The molecule has 3 aromatic rings. The van der Waals surface area contributed by atoms with Gasteiger partial charge in [0.15, 0.2) is 5.58 Å². The van der Waals surface area contributed by atoms with E-state index in [-0.39, 0.29) is 5.91 Å². The highest BCUT2D eigenvalue weighted by atomic mass is 32.1. The summed E-state index contributed by atoms with van der Waals surface area (Å²) in [5.41, 5.74) is 2.69. The number of benzene rings is 1. The van der Waals surface area contributed by atoms with Crippen molar-refractivity contribution in [3.8, 4) is 10.7 Å². The minimum atomic E-state index is 0.0957. The summed E-state index contributed by atoms with van der Waals surface area (Å²) in [6, 6.07) is 6.67. The van der Waals surface area contributed by atoms with E-state index in [0.717, 1.165) is 54.1 Å². The minimum Gasteiger partial charge on any atom is -0.371 e. The molecular formula is C24H30N4O2S. The molecule has 0 radical (unpaired) electrons. The fourth-order valence-corrected chi connectivity index (χ4v) is 5.88. The molecule has 1 aromatic carbocycles. The maximum atomic E-state index is 13.2. The van der Waals surface area contributed by atoms with Crippen molar-refractivity contribution in [1.82, 2.24) is 15.0 Å². The van der Waals surface area contributed by atoms with Crippen LogP contribution in [0.1, 0.15) is 68.0 Å². The summed E-state index contributed by atoms with van der Waals surface area (Å²) < 4.78 is 5.66.